The highest BCUT2D eigenvalue weighted by Gasteiger charge is 2.15. The number of nitrogens with one attached hydrogen (secondary N) is 2. The first-order chi connectivity index (χ1) is 21.6. The topological polar surface area (TPSA) is 101 Å². The summed E-state index contributed by atoms with van der Waals surface area (Å²) in [6, 6.07) is 17.6. The van der Waals surface area contributed by atoms with Gasteiger partial charge in [-0.25, -0.2) is 9.97 Å². The van der Waals surface area contributed by atoms with Crippen molar-refractivity contribution in [2.75, 3.05) is 52.4 Å². The monoisotopic (exact) mass is 1120 g/mol. The quantitative estimate of drug-likeness (QED) is 0.157. The highest BCUT2D eigenvalue weighted by molar-refractivity contribution is 6.30. The van der Waals surface area contributed by atoms with Gasteiger partial charge in [-0.2, -0.15) is 0 Å². The lowest BCUT2D eigenvalue weighted by molar-refractivity contribution is -0.917. The van der Waals surface area contributed by atoms with Crippen LogP contribution in [-0.2, 0) is 39.3 Å². The number of nitrogens with two attached hydrogens (primary N) is 4. The summed E-state index contributed by atoms with van der Waals surface area (Å²) in [6.07, 6.45) is 4.86. The van der Waals surface area contributed by atoms with Gasteiger partial charge in [0.2, 0.25) is 0 Å². The number of nitrogens with zero attached hydrogens (tertiary/aromatic N) is 2. The Hall–Kier alpha value is 0.740. The van der Waals surface area contributed by atoms with E-state index in [-0.39, 0.29) is 102 Å². The predicted molar refractivity (Wildman–Crippen MR) is 174 cm³/mol. The van der Waals surface area contributed by atoms with Crippen molar-refractivity contribution in [3.63, 3.8) is 0 Å². The Morgan fingerprint density at radius 2 is 0.720 bits per heavy atom. The third-order valence-corrected chi connectivity index (χ3v) is 9.33. The van der Waals surface area contributed by atoms with E-state index in [0.29, 0.717) is 0 Å². The molecule has 16 heteroatoms. The molecule has 0 unspecified atom stereocenters. The van der Waals surface area contributed by atoms with Gasteiger partial charge in [0.15, 0.2) is 0 Å². The summed E-state index contributed by atoms with van der Waals surface area (Å²) in [4.78, 5) is 13.0. The zero-order valence-electron chi connectivity index (χ0n) is 28.6. The minimum Gasteiger partial charge on any atom is -1.00 e. The van der Waals surface area contributed by atoms with Crippen LogP contribution in [0, 0.1) is 0 Å². The highest BCUT2D eigenvalue weighted by Crippen LogP contribution is 2.12. The van der Waals surface area contributed by atoms with Crippen LogP contribution >= 0.6 is 23.2 Å². The molecule has 50 heavy (non-hydrogen) atoms. The van der Waals surface area contributed by atoms with Crippen molar-refractivity contribution in [2.45, 2.75) is 65.0 Å². The van der Waals surface area contributed by atoms with Gasteiger partial charge in [-0.1, -0.05) is 47.5 Å². The SMILES string of the molecule is Clc1cc2nc(c1)C[NH2+]CCC[NH+](Cc1ccc(C[NH+]3CCC[NH2+]Cc4cc(Cl)cc(n4)C[NH2+]CCC3)cc1)CCC[NH2+]C2.[Br-].[Br-].[Br-].[Br-].[Br-].[Br-]. The van der Waals surface area contributed by atoms with Gasteiger partial charge in [-0.15, -0.1) is 0 Å². The Bertz CT molecular complexity index is 1150. The first-order valence-corrected chi connectivity index (χ1v) is 17.7. The molecule has 2 aliphatic rings. The summed E-state index contributed by atoms with van der Waals surface area (Å²) in [5, 5.41) is 11.2. The largest absolute Gasteiger partial charge is 1.00 e. The number of fused-ring (bicyclic) bond motifs is 4. The lowest BCUT2D eigenvalue weighted by Crippen LogP contribution is -3.11. The van der Waals surface area contributed by atoms with E-state index in [4.69, 9.17) is 33.2 Å². The molecular weight excluding hydrogens is 1070 g/mol. The van der Waals surface area contributed by atoms with Crippen molar-refractivity contribution in [2.24, 2.45) is 0 Å². The molecule has 0 atom stereocenters. The van der Waals surface area contributed by atoms with E-state index in [1.165, 1.54) is 63.0 Å². The third-order valence-electron chi connectivity index (χ3n) is 8.89. The minimum atomic E-state index is 0. The maximum atomic E-state index is 6.35. The Labute approximate surface area is 372 Å². The first kappa shape index (κ1) is 52.8. The molecule has 8 nitrogen and oxygen atoms in total. The van der Waals surface area contributed by atoms with Crippen LogP contribution in [0.3, 0.4) is 0 Å². The van der Waals surface area contributed by atoms with Crippen LogP contribution in [-0.4, -0.2) is 62.3 Å². The van der Waals surface area contributed by atoms with Gasteiger partial charge in [-0.05, 0) is 24.3 Å². The fourth-order valence-electron chi connectivity index (χ4n) is 6.58. The summed E-state index contributed by atoms with van der Waals surface area (Å²) in [5.74, 6) is 0. The predicted octanol–water partition coefficient (Wildman–Crippen LogP) is -20.2. The van der Waals surface area contributed by atoms with Crippen molar-refractivity contribution in [3.8, 4) is 0 Å². The van der Waals surface area contributed by atoms with Gasteiger partial charge in [0.05, 0.1) is 75.1 Å². The first-order valence-electron chi connectivity index (χ1n) is 16.9. The van der Waals surface area contributed by atoms with E-state index >= 15 is 0 Å². The fourth-order valence-corrected chi connectivity index (χ4v) is 7.08. The Balaban J connectivity index is 0. The van der Waals surface area contributed by atoms with Crippen LogP contribution in [0.4, 0.5) is 0 Å². The van der Waals surface area contributed by atoms with Gasteiger partial charge in [0.1, 0.15) is 39.3 Å². The molecule has 0 saturated heterocycles. The zero-order chi connectivity index (χ0) is 30.4. The molecular formula is C34H54Br6Cl2N8. The molecule has 5 rings (SSSR count). The van der Waals surface area contributed by atoms with E-state index in [0.717, 1.165) is 98.3 Å². The number of quaternary nitrogens is 6. The van der Waals surface area contributed by atoms with Crippen molar-refractivity contribution >= 4 is 23.2 Å². The lowest BCUT2D eigenvalue weighted by Gasteiger charge is -2.21. The zero-order valence-corrected chi connectivity index (χ0v) is 39.6. The van der Waals surface area contributed by atoms with Crippen molar-refractivity contribution in [1.29, 1.82) is 0 Å². The molecule has 0 spiro atoms. The summed E-state index contributed by atoms with van der Waals surface area (Å²) in [7, 11) is 0. The fraction of sp³-hybridized carbons (Fsp3) is 0.529. The van der Waals surface area contributed by atoms with Gasteiger partial charge in [0, 0.05) is 46.9 Å². The second kappa shape index (κ2) is 30.0. The smallest absolute Gasteiger partial charge is 0.119 e. The van der Waals surface area contributed by atoms with Crippen LogP contribution in [0.2, 0.25) is 10.0 Å². The normalized spacial score (nSPS) is 16.8. The molecule has 0 saturated carbocycles. The number of benzene rings is 1. The summed E-state index contributed by atoms with van der Waals surface area (Å²) in [6.45, 7) is 15.2. The number of rotatable bonds is 4. The molecule has 2 aliphatic heterocycles. The second-order valence-corrected chi connectivity index (χ2v) is 13.6. The maximum absolute atomic E-state index is 6.35. The molecule has 2 aromatic heterocycles. The third kappa shape index (κ3) is 19.9. The molecule has 1 aromatic carbocycles. The molecule has 4 heterocycles. The second-order valence-electron chi connectivity index (χ2n) is 12.7. The number of pyridine rings is 2. The van der Waals surface area contributed by atoms with Crippen LogP contribution in [0.1, 0.15) is 59.6 Å². The minimum absolute atomic E-state index is 0. The molecule has 0 radical (unpaired) electrons. The van der Waals surface area contributed by atoms with Crippen molar-refractivity contribution in [3.05, 3.63) is 92.5 Å². The molecule has 0 aliphatic carbocycles. The van der Waals surface area contributed by atoms with Crippen molar-refractivity contribution in [1.82, 2.24) is 9.97 Å². The van der Waals surface area contributed by atoms with E-state index < -0.39 is 0 Å². The van der Waals surface area contributed by atoms with E-state index in [1.807, 2.05) is 24.3 Å². The van der Waals surface area contributed by atoms with Crippen LogP contribution in [0.15, 0.2) is 48.5 Å². The average molecular weight is 1130 g/mol. The van der Waals surface area contributed by atoms with Crippen LogP contribution < -0.4 is 133 Å². The van der Waals surface area contributed by atoms with E-state index in [1.54, 1.807) is 9.80 Å². The lowest BCUT2D eigenvalue weighted by atomic mass is 10.1. The number of aromatic nitrogens is 2. The Morgan fingerprint density at radius 1 is 0.460 bits per heavy atom. The van der Waals surface area contributed by atoms with Gasteiger partial charge in [0.25, 0.3) is 0 Å². The Morgan fingerprint density at radius 3 is 0.980 bits per heavy atom. The number of halogens is 8. The van der Waals surface area contributed by atoms with Crippen LogP contribution in [0.25, 0.3) is 0 Å². The molecule has 10 N–H and O–H groups in total. The van der Waals surface area contributed by atoms with E-state index in [2.05, 4.69) is 45.5 Å². The van der Waals surface area contributed by atoms with Crippen LogP contribution in [0.5, 0.6) is 0 Å². The summed E-state index contributed by atoms with van der Waals surface area (Å²) < 4.78 is 0. The van der Waals surface area contributed by atoms with Crippen molar-refractivity contribution < 1.29 is 133 Å². The summed E-state index contributed by atoms with van der Waals surface area (Å²) in [5.41, 5.74) is 7.31. The Kier molecular flexibility index (Phi) is 31.7. The van der Waals surface area contributed by atoms with E-state index in [9.17, 15) is 0 Å². The highest BCUT2D eigenvalue weighted by atomic mass is 79.9. The molecule has 3 aromatic rings. The number of hydrogen-bond donors (Lipinski definition) is 6. The maximum Gasteiger partial charge on any atom is 0.119 e. The summed E-state index contributed by atoms with van der Waals surface area (Å²) >= 11 is 12.7. The van der Waals surface area contributed by atoms with Gasteiger partial charge in [-0.3, -0.25) is 0 Å². The molecule has 0 amide bonds. The number of hydrogen-bond acceptors (Lipinski definition) is 2. The molecule has 4 bridgehead atoms. The van der Waals surface area contributed by atoms with Gasteiger partial charge >= 0.3 is 0 Å². The van der Waals surface area contributed by atoms with Gasteiger partial charge < -0.3 is 133 Å². The molecule has 0 fully saturated rings. The average Bonchev–Trinajstić information content (AvgIpc) is 3.00. The molecule has 286 valence electrons. The standard InChI is InChI=1S/C34H48Cl2N8.6BrH/c35-29-17-31-21-37-9-1-13-43(14-2-10-38-22-32(18-29)41-31)25-27-5-7-28(8-6-27)26-44-15-3-11-39-23-33-19-30(36)20-34(42-33)24-40-12-4-16-44;;;;;;/h5-8,17-20,37-40H,1-4,9-16,21-26H2;6*1H.